The predicted molar refractivity (Wildman–Crippen MR) is 84.9 cm³/mol. The first-order chi connectivity index (χ1) is 9.97. The van der Waals surface area contributed by atoms with Gasteiger partial charge in [0.2, 0.25) is 0 Å². The van der Waals surface area contributed by atoms with Gasteiger partial charge in [-0.05, 0) is 48.9 Å². The molecule has 0 saturated carbocycles. The molecule has 2 aromatic carbocycles. The van der Waals surface area contributed by atoms with E-state index in [2.05, 4.69) is 5.32 Å². The number of nitrogens with one attached hydrogen (secondary N) is 1. The van der Waals surface area contributed by atoms with Crippen molar-refractivity contribution in [3.8, 4) is 0 Å². The Morgan fingerprint density at radius 1 is 0.952 bits per heavy atom. The maximum absolute atomic E-state index is 11.9. The highest BCUT2D eigenvalue weighted by Crippen LogP contribution is 2.18. The van der Waals surface area contributed by atoms with E-state index in [1.165, 1.54) is 6.07 Å². The molecule has 2 aromatic rings. The summed E-state index contributed by atoms with van der Waals surface area (Å²) >= 11 is 0. The molecule has 0 unspecified atom stereocenters. The molecule has 0 fully saturated rings. The fourth-order valence-corrected chi connectivity index (χ4v) is 1.87. The second-order valence-electron chi connectivity index (χ2n) is 4.71. The van der Waals surface area contributed by atoms with Crippen LogP contribution in [0.5, 0.6) is 0 Å². The van der Waals surface area contributed by atoms with Crippen molar-refractivity contribution in [2.45, 2.75) is 33.7 Å². The summed E-state index contributed by atoms with van der Waals surface area (Å²) in [7, 11) is 0. The molecule has 4 nitrogen and oxygen atoms in total. The Morgan fingerprint density at radius 3 is 1.90 bits per heavy atom. The molecular formula is C17H21NO3. The van der Waals surface area contributed by atoms with Gasteiger partial charge in [-0.3, -0.25) is 4.79 Å². The van der Waals surface area contributed by atoms with Gasteiger partial charge in [-0.2, -0.15) is 0 Å². The monoisotopic (exact) mass is 287 g/mol. The summed E-state index contributed by atoms with van der Waals surface area (Å²) in [6, 6.07) is 10.2. The molecule has 1 amide bonds. The SMILES string of the molecule is CC.CC(C)NC(=O)c1ccc2cc(C(=O)O)ccc2c1. The molecule has 0 spiro atoms. The van der Waals surface area contributed by atoms with Crippen LogP contribution >= 0.6 is 0 Å². The van der Waals surface area contributed by atoms with E-state index in [1.807, 2.05) is 27.7 Å². The first-order valence-electron chi connectivity index (χ1n) is 7.05. The molecule has 112 valence electrons. The van der Waals surface area contributed by atoms with Crippen molar-refractivity contribution >= 4 is 22.6 Å². The Kier molecular flexibility index (Phi) is 5.91. The topological polar surface area (TPSA) is 66.4 Å². The minimum absolute atomic E-state index is 0.0811. The van der Waals surface area contributed by atoms with Gasteiger partial charge in [0.1, 0.15) is 0 Å². The van der Waals surface area contributed by atoms with Gasteiger partial charge in [0.25, 0.3) is 5.91 Å². The van der Waals surface area contributed by atoms with Crippen LogP contribution in [0.2, 0.25) is 0 Å². The van der Waals surface area contributed by atoms with Gasteiger partial charge in [-0.1, -0.05) is 26.0 Å². The lowest BCUT2D eigenvalue weighted by molar-refractivity contribution is 0.0696. The van der Waals surface area contributed by atoms with Crippen LogP contribution in [-0.2, 0) is 0 Å². The lowest BCUT2D eigenvalue weighted by atomic mass is 10.0. The fraction of sp³-hybridized carbons (Fsp3) is 0.294. The summed E-state index contributed by atoms with van der Waals surface area (Å²) < 4.78 is 0. The highest BCUT2D eigenvalue weighted by Gasteiger charge is 2.09. The summed E-state index contributed by atoms with van der Waals surface area (Å²) in [5, 5.41) is 13.4. The molecule has 2 rings (SSSR count). The number of aromatic carboxylic acids is 1. The van der Waals surface area contributed by atoms with E-state index in [0.717, 1.165) is 10.8 Å². The van der Waals surface area contributed by atoms with Gasteiger partial charge in [0, 0.05) is 11.6 Å². The van der Waals surface area contributed by atoms with E-state index in [1.54, 1.807) is 30.3 Å². The molecule has 0 aliphatic carbocycles. The Balaban J connectivity index is 0.00000106. The number of carbonyl (C=O) groups excluding carboxylic acids is 1. The summed E-state index contributed by atoms with van der Waals surface area (Å²) in [6.45, 7) is 7.80. The molecule has 0 radical (unpaired) electrons. The Bertz CT molecular complexity index is 648. The number of carbonyl (C=O) groups is 2. The van der Waals surface area contributed by atoms with E-state index >= 15 is 0 Å². The van der Waals surface area contributed by atoms with Crippen LogP contribution in [0.4, 0.5) is 0 Å². The third-order valence-electron chi connectivity index (χ3n) is 2.77. The average Bonchev–Trinajstić information content (AvgIpc) is 2.47. The molecule has 21 heavy (non-hydrogen) atoms. The smallest absolute Gasteiger partial charge is 0.335 e. The van der Waals surface area contributed by atoms with Gasteiger partial charge in [0.05, 0.1) is 5.56 Å². The van der Waals surface area contributed by atoms with Crippen LogP contribution in [0.3, 0.4) is 0 Å². The fourth-order valence-electron chi connectivity index (χ4n) is 1.87. The van der Waals surface area contributed by atoms with Gasteiger partial charge >= 0.3 is 5.97 Å². The number of benzene rings is 2. The van der Waals surface area contributed by atoms with Crippen LogP contribution in [-0.4, -0.2) is 23.0 Å². The molecule has 0 aromatic heterocycles. The van der Waals surface area contributed by atoms with Crippen LogP contribution in [0.25, 0.3) is 10.8 Å². The van der Waals surface area contributed by atoms with Crippen molar-refractivity contribution in [1.29, 1.82) is 0 Å². The minimum atomic E-state index is -0.955. The quantitative estimate of drug-likeness (QED) is 0.904. The van der Waals surface area contributed by atoms with E-state index in [-0.39, 0.29) is 17.5 Å². The highest BCUT2D eigenvalue weighted by molar-refractivity contribution is 6.00. The minimum Gasteiger partial charge on any atom is -0.478 e. The van der Waals surface area contributed by atoms with E-state index in [0.29, 0.717) is 5.56 Å². The average molecular weight is 287 g/mol. The molecule has 0 aliphatic rings. The summed E-state index contributed by atoms with van der Waals surface area (Å²) in [5.74, 6) is -1.08. The summed E-state index contributed by atoms with van der Waals surface area (Å²) in [6.07, 6.45) is 0. The number of carboxylic acid groups (broad SMARTS) is 1. The lowest BCUT2D eigenvalue weighted by Gasteiger charge is -2.09. The van der Waals surface area contributed by atoms with Crippen molar-refractivity contribution in [3.05, 3.63) is 47.5 Å². The summed E-state index contributed by atoms with van der Waals surface area (Å²) in [5.41, 5.74) is 0.816. The Morgan fingerprint density at radius 2 is 1.43 bits per heavy atom. The van der Waals surface area contributed by atoms with Crippen LogP contribution in [0.15, 0.2) is 36.4 Å². The number of rotatable bonds is 3. The predicted octanol–water partition coefficient (Wildman–Crippen LogP) is 3.70. The van der Waals surface area contributed by atoms with Gasteiger partial charge in [-0.15, -0.1) is 0 Å². The highest BCUT2D eigenvalue weighted by atomic mass is 16.4. The third-order valence-corrected chi connectivity index (χ3v) is 2.77. The standard InChI is InChI=1S/C15H15NO3.C2H6/c1-9(2)16-14(17)12-5-3-11-8-13(15(18)19)6-4-10(11)7-12;1-2/h3-9H,1-2H3,(H,16,17)(H,18,19);1-2H3. The second kappa shape index (κ2) is 7.43. The van der Waals surface area contributed by atoms with Gasteiger partial charge in [-0.25, -0.2) is 4.79 Å². The number of carboxylic acids is 1. The molecule has 2 N–H and O–H groups in total. The first-order valence-corrected chi connectivity index (χ1v) is 7.05. The van der Waals surface area contributed by atoms with Crippen molar-refractivity contribution in [3.63, 3.8) is 0 Å². The Hall–Kier alpha value is -2.36. The van der Waals surface area contributed by atoms with Crippen LogP contribution in [0, 0.1) is 0 Å². The normalized spacial score (nSPS) is 9.95. The molecule has 0 atom stereocenters. The first kappa shape index (κ1) is 16.7. The van der Waals surface area contributed by atoms with Crippen LogP contribution < -0.4 is 5.32 Å². The lowest BCUT2D eigenvalue weighted by Crippen LogP contribution is -2.29. The largest absolute Gasteiger partial charge is 0.478 e. The molecule has 0 heterocycles. The molecule has 4 heteroatoms. The number of hydrogen-bond acceptors (Lipinski definition) is 2. The maximum Gasteiger partial charge on any atom is 0.335 e. The number of amides is 1. The van der Waals surface area contributed by atoms with Crippen LogP contribution in [0.1, 0.15) is 48.4 Å². The van der Waals surface area contributed by atoms with E-state index in [9.17, 15) is 9.59 Å². The Labute approximate surface area is 124 Å². The summed E-state index contributed by atoms with van der Waals surface area (Å²) in [4.78, 5) is 22.7. The zero-order valence-electron chi connectivity index (χ0n) is 12.8. The van der Waals surface area contributed by atoms with Crippen molar-refractivity contribution in [1.82, 2.24) is 5.32 Å². The molecule has 0 bridgehead atoms. The maximum atomic E-state index is 11.9. The van der Waals surface area contributed by atoms with E-state index in [4.69, 9.17) is 5.11 Å². The van der Waals surface area contributed by atoms with Gasteiger partial charge in [0.15, 0.2) is 0 Å². The zero-order valence-corrected chi connectivity index (χ0v) is 12.8. The van der Waals surface area contributed by atoms with Crippen molar-refractivity contribution in [2.75, 3.05) is 0 Å². The third kappa shape index (κ3) is 4.31. The second-order valence-corrected chi connectivity index (χ2v) is 4.71. The van der Waals surface area contributed by atoms with Gasteiger partial charge < -0.3 is 10.4 Å². The van der Waals surface area contributed by atoms with Crippen molar-refractivity contribution in [2.24, 2.45) is 0 Å². The molecule has 0 saturated heterocycles. The number of fused-ring (bicyclic) bond motifs is 1. The van der Waals surface area contributed by atoms with Crippen molar-refractivity contribution < 1.29 is 14.7 Å². The molecular weight excluding hydrogens is 266 g/mol. The van der Waals surface area contributed by atoms with E-state index < -0.39 is 5.97 Å². The number of hydrogen-bond donors (Lipinski definition) is 2. The molecule has 0 aliphatic heterocycles. The zero-order chi connectivity index (χ0) is 16.0.